The average molecular weight is 320 g/mol. The lowest BCUT2D eigenvalue weighted by molar-refractivity contribution is 0.0696. The van der Waals surface area contributed by atoms with Gasteiger partial charge in [-0.15, -0.1) is 0 Å². The van der Waals surface area contributed by atoms with Gasteiger partial charge in [0.05, 0.1) is 5.56 Å². The molecule has 3 nitrogen and oxygen atoms in total. The predicted molar refractivity (Wildman–Crippen MR) is 79.6 cm³/mol. The molecule has 0 aliphatic heterocycles. The maximum Gasteiger partial charge on any atom is 0.336 e. The van der Waals surface area contributed by atoms with Crippen molar-refractivity contribution in [2.75, 3.05) is 5.32 Å². The molecule has 0 saturated carbocycles. The van der Waals surface area contributed by atoms with E-state index in [1.54, 1.807) is 18.2 Å². The second kappa shape index (κ2) is 5.89. The third-order valence-electron chi connectivity index (χ3n) is 2.88. The Balaban J connectivity index is 2.16. The summed E-state index contributed by atoms with van der Waals surface area (Å²) < 4.78 is 0.574. The first-order valence-electron chi connectivity index (χ1n) is 5.92. The number of nitrogens with one attached hydrogen (secondary N) is 1. The van der Waals surface area contributed by atoms with Crippen molar-refractivity contribution < 1.29 is 9.90 Å². The fourth-order valence-electron chi connectivity index (χ4n) is 1.85. The zero-order valence-electron chi connectivity index (χ0n) is 10.4. The Morgan fingerprint density at radius 3 is 2.47 bits per heavy atom. The molecule has 1 unspecified atom stereocenters. The Kier molecular flexibility index (Phi) is 4.22. The third kappa shape index (κ3) is 3.35. The number of rotatable bonds is 4. The molecule has 19 heavy (non-hydrogen) atoms. The highest BCUT2D eigenvalue weighted by atomic mass is 79.9. The van der Waals surface area contributed by atoms with Gasteiger partial charge in [-0.25, -0.2) is 4.79 Å². The van der Waals surface area contributed by atoms with Crippen LogP contribution >= 0.6 is 15.9 Å². The number of carbonyl (C=O) groups is 1. The summed E-state index contributed by atoms with van der Waals surface area (Å²) in [6.07, 6.45) is 0. The van der Waals surface area contributed by atoms with E-state index in [9.17, 15) is 4.79 Å². The van der Waals surface area contributed by atoms with E-state index in [0.717, 1.165) is 5.69 Å². The summed E-state index contributed by atoms with van der Waals surface area (Å²) in [5.74, 6) is -0.936. The number of hydrogen-bond acceptors (Lipinski definition) is 2. The minimum absolute atomic E-state index is 0.156. The van der Waals surface area contributed by atoms with Gasteiger partial charge < -0.3 is 10.4 Å². The zero-order chi connectivity index (χ0) is 13.8. The van der Waals surface area contributed by atoms with Crippen LogP contribution in [0.25, 0.3) is 0 Å². The fourth-order valence-corrected chi connectivity index (χ4v) is 2.40. The molecule has 0 fully saturated rings. The standard InChI is InChI=1S/C15H14BrNO2/c1-10(11-5-3-2-4-6-11)17-12-7-8-13(15(18)19)14(16)9-12/h2-10,17H,1H3,(H,18,19). The summed E-state index contributed by atoms with van der Waals surface area (Å²) in [5.41, 5.74) is 2.33. The van der Waals surface area contributed by atoms with Gasteiger partial charge in [0, 0.05) is 16.2 Å². The molecule has 98 valence electrons. The highest BCUT2D eigenvalue weighted by molar-refractivity contribution is 9.10. The highest BCUT2D eigenvalue weighted by Crippen LogP contribution is 2.25. The zero-order valence-corrected chi connectivity index (χ0v) is 12.0. The van der Waals surface area contributed by atoms with Crippen LogP contribution in [-0.2, 0) is 0 Å². The minimum atomic E-state index is -0.936. The van der Waals surface area contributed by atoms with E-state index in [2.05, 4.69) is 40.3 Å². The first-order chi connectivity index (χ1) is 9.08. The highest BCUT2D eigenvalue weighted by Gasteiger charge is 2.10. The van der Waals surface area contributed by atoms with Gasteiger partial charge >= 0.3 is 5.97 Å². The van der Waals surface area contributed by atoms with Crippen molar-refractivity contribution in [2.24, 2.45) is 0 Å². The van der Waals surface area contributed by atoms with Crippen LogP contribution in [0.2, 0.25) is 0 Å². The SMILES string of the molecule is CC(Nc1ccc(C(=O)O)c(Br)c1)c1ccccc1. The smallest absolute Gasteiger partial charge is 0.336 e. The Morgan fingerprint density at radius 1 is 1.21 bits per heavy atom. The molecule has 0 heterocycles. The van der Waals surface area contributed by atoms with E-state index < -0.39 is 5.97 Å². The van der Waals surface area contributed by atoms with Gasteiger partial charge in [-0.1, -0.05) is 30.3 Å². The van der Waals surface area contributed by atoms with Crippen molar-refractivity contribution in [3.05, 3.63) is 64.1 Å². The van der Waals surface area contributed by atoms with Crippen LogP contribution in [0.4, 0.5) is 5.69 Å². The van der Waals surface area contributed by atoms with Gasteiger partial charge in [0.25, 0.3) is 0 Å². The van der Waals surface area contributed by atoms with Crippen LogP contribution < -0.4 is 5.32 Å². The molecule has 0 bridgehead atoms. The van der Waals surface area contributed by atoms with Crippen molar-refractivity contribution >= 4 is 27.6 Å². The maximum atomic E-state index is 10.9. The molecule has 0 amide bonds. The molecular weight excluding hydrogens is 306 g/mol. The quantitative estimate of drug-likeness (QED) is 0.882. The van der Waals surface area contributed by atoms with Crippen molar-refractivity contribution in [2.45, 2.75) is 13.0 Å². The molecule has 2 aromatic rings. The Hall–Kier alpha value is -1.81. The second-order valence-corrected chi connectivity index (χ2v) is 5.13. The number of hydrogen-bond donors (Lipinski definition) is 2. The van der Waals surface area contributed by atoms with Gasteiger partial charge in [-0.05, 0) is 46.6 Å². The lowest BCUT2D eigenvalue weighted by Crippen LogP contribution is -2.07. The van der Waals surface area contributed by atoms with Crippen LogP contribution in [0.3, 0.4) is 0 Å². The topological polar surface area (TPSA) is 49.3 Å². The summed E-state index contributed by atoms with van der Waals surface area (Å²) in [5, 5.41) is 12.3. The van der Waals surface area contributed by atoms with Crippen molar-refractivity contribution in [1.82, 2.24) is 0 Å². The molecule has 0 aliphatic rings. The number of carboxylic acid groups (broad SMARTS) is 1. The van der Waals surface area contributed by atoms with E-state index >= 15 is 0 Å². The summed E-state index contributed by atoms with van der Waals surface area (Å²) in [7, 11) is 0. The van der Waals surface area contributed by atoms with Crippen LogP contribution in [0.1, 0.15) is 28.9 Å². The first-order valence-corrected chi connectivity index (χ1v) is 6.71. The van der Waals surface area contributed by atoms with Gasteiger partial charge in [0.2, 0.25) is 0 Å². The monoisotopic (exact) mass is 319 g/mol. The molecular formula is C15H14BrNO2. The molecule has 0 radical (unpaired) electrons. The minimum Gasteiger partial charge on any atom is -0.478 e. The number of carboxylic acids is 1. The lowest BCUT2D eigenvalue weighted by Gasteiger charge is -2.16. The van der Waals surface area contributed by atoms with Crippen LogP contribution in [0, 0.1) is 0 Å². The molecule has 2 N–H and O–H groups in total. The molecule has 2 rings (SSSR count). The van der Waals surface area contributed by atoms with E-state index in [-0.39, 0.29) is 11.6 Å². The molecule has 1 atom stereocenters. The number of benzene rings is 2. The van der Waals surface area contributed by atoms with Crippen LogP contribution in [0.15, 0.2) is 53.0 Å². The first kappa shape index (κ1) is 13.6. The molecule has 0 spiro atoms. The lowest BCUT2D eigenvalue weighted by atomic mass is 10.1. The largest absolute Gasteiger partial charge is 0.478 e. The van der Waals surface area contributed by atoms with Crippen LogP contribution in [0.5, 0.6) is 0 Å². The number of halogens is 1. The van der Waals surface area contributed by atoms with E-state index in [4.69, 9.17) is 5.11 Å². The number of aromatic carboxylic acids is 1. The van der Waals surface area contributed by atoms with Crippen molar-refractivity contribution in [3.63, 3.8) is 0 Å². The second-order valence-electron chi connectivity index (χ2n) is 4.28. The van der Waals surface area contributed by atoms with E-state index in [1.165, 1.54) is 5.56 Å². The predicted octanol–water partition coefficient (Wildman–Crippen LogP) is 4.32. The number of anilines is 1. The van der Waals surface area contributed by atoms with Crippen molar-refractivity contribution in [3.8, 4) is 0 Å². The van der Waals surface area contributed by atoms with E-state index in [1.807, 2.05) is 18.2 Å². The Labute approximate surface area is 120 Å². The summed E-state index contributed by atoms with van der Waals surface area (Å²) in [4.78, 5) is 10.9. The molecule has 2 aromatic carbocycles. The third-order valence-corrected chi connectivity index (χ3v) is 3.54. The maximum absolute atomic E-state index is 10.9. The van der Waals surface area contributed by atoms with Gasteiger partial charge in [-0.3, -0.25) is 0 Å². The molecule has 0 aliphatic carbocycles. The van der Waals surface area contributed by atoms with Gasteiger partial charge in [-0.2, -0.15) is 0 Å². The molecule has 0 saturated heterocycles. The molecule has 4 heteroatoms. The molecule has 0 aromatic heterocycles. The Morgan fingerprint density at radius 2 is 1.89 bits per heavy atom. The summed E-state index contributed by atoms with van der Waals surface area (Å²) in [6.45, 7) is 2.06. The average Bonchev–Trinajstić information content (AvgIpc) is 2.39. The van der Waals surface area contributed by atoms with Crippen molar-refractivity contribution in [1.29, 1.82) is 0 Å². The normalized spacial score (nSPS) is 11.9. The fraction of sp³-hybridized carbons (Fsp3) is 0.133. The van der Waals surface area contributed by atoms with Crippen LogP contribution in [-0.4, -0.2) is 11.1 Å². The van der Waals surface area contributed by atoms with Gasteiger partial charge in [0.15, 0.2) is 0 Å². The Bertz CT molecular complexity index is 584. The summed E-state index contributed by atoms with van der Waals surface area (Å²) in [6, 6.07) is 15.4. The summed E-state index contributed by atoms with van der Waals surface area (Å²) >= 11 is 3.27. The van der Waals surface area contributed by atoms with E-state index in [0.29, 0.717) is 4.47 Å². The van der Waals surface area contributed by atoms with Gasteiger partial charge in [0.1, 0.15) is 0 Å².